The molecule has 0 saturated heterocycles. The molecule has 0 saturated carbocycles. The summed E-state index contributed by atoms with van der Waals surface area (Å²) in [6.07, 6.45) is 4.95. The number of hydrogen-bond donors (Lipinski definition) is 1. The van der Waals surface area contributed by atoms with Gasteiger partial charge in [-0.1, -0.05) is 13.3 Å². The highest BCUT2D eigenvalue weighted by molar-refractivity contribution is 5.71. The average molecular weight is 290 g/mol. The number of nitrogens with zero attached hydrogens (tertiary/aromatic N) is 5. The lowest BCUT2D eigenvalue weighted by molar-refractivity contribution is -0.105. The SMILES string of the molecule is CCCCc1cn(-c2ccc(NC=O)cc2F)n1N=[N+]=[N-]. The summed E-state index contributed by atoms with van der Waals surface area (Å²) in [5, 5.41) is 5.93. The van der Waals surface area contributed by atoms with E-state index in [-0.39, 0.29) is 5.69 Å². The average Bonchev–Trinajstić information content (AvgIpc) is 2.46. The van der Waals surface area contributed by atoms with Crippen molar-refractivity contribution in [1.29, 1.82) is 0 Å². The third kappa shape index (κ3) is 3.06. The molecule has 1 aromatic carbocycles. The minimum atomic E-state index is -0.522. The molecule has 1 heterocycles. The molecule has 0 spiro atoms. The molecule has 0 aliphatic carbocycles. The molecule has 1 amide bonds. The van der Waals surface area contributed by atoms with E-state index in [2.05, 4.69) is 22.4 Å². The van der Waals surface area contributed by atoms with Crippen LogP contribution in [0.5, 0.6) is 0 Å². The van der Waals surface area contributed by atoms with Gasteiger partial charge in [0.25, 0.3) is 0 Å². The molecule has 0 aliphatic heterocycles. The molecule has 0 atom stereocenters. The highest BCUT2D eigenvalue weighted by Gasteiger charge is 2.19. The second-order valence-corrected chi connectivity index (χ2v) is 4.47. The summed E-state index contributed by atoms with van der Waals surface area (Å²) in [5.74, 6) is -0.522. The van der Waals surface area contributed by atoms with Crippen molar-refractivity contribution in [3.63, 3.8) is 0 Å². The van der Waals surface area contributed by atoms with E-state index in [1.54, 1.807) is 12.3 Å². The molecule has 2 rings (SSSR count). The van der Waals surface area contributed by atoms with Crippen LogP contribution in [0, 0.1) is 5.82 Å². The molecule has 110 valence electrons. The lowest BCUT2D eigenvalue weighted by Crippen LogP contribution is -2.22. The van der Waals surface area contributed by atoms with Crippen molar-refractivity contribution >= 4 is 12.1 Å². The van der Waals surface area contributed by atoms with Crippen molar-refractivity contribution < 1.29 is 9.18 Å². The van der Waals surface area contributed by atoms with Crippen LogP contribution in [0.4, 0.5) is 10.1 Å². The lowest BCUT2D eigenvalue weighted by Gasteiger charge is -2.18. The predicted octanol–water partition coefficient (Wildman–Crippen LogP) is 3.40. The second-order valence-electron chi connectivity index (χ2n) is 4.47. The van der Waals surface area contributed by atoms with Gasteiger partial charge < -0.3 is 5.32 Å². The minimum absolute atomic E-state index is 0.249. The van der Waals surface area contributed by atoms with Crippen LogP contribution in [-0.4, -0.2) is 15.9 Å². The number of carbonyl (C=O) groups excluding carboxylic acids is 1. The lowest BCUT2D eigenvalue weighted by atomic mass is 10.2. The molecule has 0 radical (unpaired) electrons. The van der Waals surface area contributed by atoms with E-state index in [9.17, 15) is 9.18 Å². The summed E-state index contributed by atoms with van der Waals surface area (Å²) < 4.78 is 15.5. The van der Waals surface area contributed by atoms with E-state index in [1.807, 2.05) is 0 Å². The number of aromatic nitrogens is 2. The fourth-order valence-electron chi connectivity index (χ4n) is 2.01. The van der Waals surface area contributed by atoms with Gasteiger partial charge in [-0.25, -0.2) is 4.39 Å². The second kappa shape index (κ2) is 6.62. The summed E-state index contributed by atoms with van der Waals surface area (Å²) in [6.45, 7) is 2.06. The molecule has 1 N–H and O–H groups in total. The maximum absolute atomic E-state index is 14.0. The van der Waals surface area contributed by atoms with Crippen molar-refractivity contribution in [2.75, 3.05) is 5.32 Å². The first-order valence-corrected chi connectivity index (χ1v) is 6.56. The van der Waals surface area contributed by atoms with Crippen LogP contribution in [0.1, 0.15) is 25.5 Å². The molecule has 2 aromatic rings. The van der Waals surface area contributed by atoms with Gasteiger partial charge in [0, 0.05) is 17.3 Å². The van der Waals surface area contributed by atoms with Crippen LogP contribution < -0.4 is 5.32 Å². The molecular formula is C13H15FN6O. The molecule has 0 bridgehead atoms. The number of azide groups is 1. The van der Waals surface area contributed by atoms with Gasteiger partial charge in [-0.3, -0.25) is 4.79 Å². The van der Waals surface area contributed by atoms with Gasteiger partial charge in [-0.2, -0.15) is 9.59 Å². The number of unbranched alkanes of at least 4 members (excludes halogenated alkanes) is 1. The number of amides is 1. The Labute approximate surface area is 120 Å². The van der Waals surface area contributed by atoms with Gasteiger partial charge in [0.15, 0.2) is 11.5 Å². The number of halogens is 1. The van der Waals surface area contributed by atoms with Crippen LogP contribution >= 0.6 is 0 Å². The Morgan fingerprint density at radius 2 is 2.33 bits per heavy atom. The molecule has 21 heavy (non-hydrogen) atoms. The van der Waals surface area contributed by atoms with Crippen LogP contribution in [0.2, 0.25) is 0 Å². The number of carbonyl (C=O) groups is 1. The van der Waals surface area contributed by atoms with Gasteiger partial charge in [0.05, 0.1) is 6.20 Å². The van der Waals surface area contributed by atoms with E-state index in [4.69, 9.17) is 5.53 Å². The van der Waals surface area contributed by atoms with E-state index < -0.39 is 5.82 Å². The van der Waals surface area contributed by atoms with Crippen molar-refractivity contribution in [3.8, 4) is 5.69 Å². The number of aryl methyl sites for hydroxylation is 1. The predicted molar refractivity (Wildman–Crippen MR) is 76.6 cm³/mol. The van der Waals surface area contributed by atoms with Gasteiger partial charge in [-0.15, -0.1) is 10.3 Å². The number of nitrogens with one attached hydrogen (secondary N) is 1. The molecule has 0 fully saturated rings. The largest absolute Gasteiger partial charge is 0.329 e. The van der Waals surface area contributed by atoms with E-state index in [1.165, 1.54) is 21.6 Å². The van der Waals surface area contributed by atoms with Crippen LogP contribution in [-0.2, 0) is 11.2 Å². The minimum Gasteiger partial charge on any atom is -0.329 e. The summed E-state index contributed by atoms with van der Waals surface area (Å²) in [4.78, 5) is 14.4. The third-order valence-electron chi connectivity index (χ3n) is 3.06. The summed E-state index contributed by atoms with van der Waals surface area (Å²) in [6, 6.07) is 4.28. The zero-order valence-corrected chi connectivity index (χ0v) is 11.5. The molecule has 0 aliphatic rings. The van der Waals surface area contributed by atoms with Gasteiger partial charge in [0.1, 0.15) is 5.69 Å². The fourth-order valence-corrected chi connectivity index (χ4v) is 2.01. The zero-order chi connectivity index (χ0) is 15.2. The normalized spacial score (nSPS) is 10.2. The Morgan fingerprint density at radius 3 is 2.95 bits per heavy atom. The van der Waals surface area contributed by atoms with E-state index in [0.29, 0.717) is 12.1 Å². The first-order chi connectivity index (χ1) is 10.2. The number of hydrogen-bond acceptors (Lipinski definition) is 2. The molecule has 1 aromatic heterocycles. The van der Waals surface area contributed by atoms with Gasteiger partial charge in [-0.05, 0) is 24.6 Å². The Bertz CT molecular complexity index is 683. The van der Waals surface area contributed by atoms with Gasteiger partial charge >= 0.3 is 0 Å². The quantitative estimate of drug-likeness (QED) is 0.360. The van der Waals surface area contributed by atoms with Crippen LogP contribution in [0.3, 0.4) is 0 Å². The Balaban J connectivity index is 2.33. The smallest absolute Gasteiger partial charge is 0.211 e. The number of anilines is 1. The third-order valence-corrected chi connectivity index (χ3v) is 3.06. The van der Waals surface area contributed by atoms with Crippen molar-refractivity contribution in [2.45, 2.75) is 26.2 Å². The first kappa shape index (κ1) is 14.7. The highest BCUT2D eigenvalue weighted by atomic mass is 19.1. The molecular weight excluding hydrogens is 275 g/mol. The molecule has 8 heteroatoms. The topological polar surface area (TPSA) is 87.7 Å². The van der Waals surface area contributed by atoms with Gasteiger partial charge in [0.2, 0.25) is 6.41 Å². The summed E-state index contributed by atoms with van der Waals surface area (Å²) in [7, 11) is 0. The molecule has 0 unspecified atom stereocenters. The maximum atomic E-state index is 14.0. The zero-order valence-electron chi connectivity index (χ0n) is 11.5. The van der Waals surface area contributed by atoms with Crippen molar-refractivity contribution in [1.82, 2.24) is 9.47 Å². The number of rotatable bonds is 7. The Hall–Kier alpha value is -2.73. The molecule has 7 nitrogen and oxygen atoms in total. The van der Waals surface area contributed by atoms with E-state index in [0.717, 1.165) is 25.0 Å². The van der Waals surface area contributed by atoms with Crippen molar-refractivity contribution in [2.24, 2.45) is 5.22 Å². The summed E-state index contributed by atoms with van der Waals surface area (Å²) in [5.41, 5.74) is 10.1. The monoisotopic (exact) mass is 290 g/mol. The first-order valence-electron chi connectivity index (χ1n) is 6.56. The maximum Gasteiger partial charge on any atom is 0.211 e. The highest BCUT2D eigenvalue weighted by Crippen LogP contribution is 2.22. The van der Waals surface area contributed by atoms with Crippen LogP contribution in [0.25, 0.3) is 16.1 Å². The number of benzene rings is 1. The van der Waals surface area contributed by atoms with E-state index >= 15 is 0 Å². The Morgan fingerprint density at radius 1 is 1.52 bits per heavy atom. The standard InChI is InChI=1S/C13H15FN6O/c1-2-3-4-11-8-19(20(11)18-17-15)13-6-5-10(16-9-21)7-12(13)14/h5-9H,2-4H2,1H3,(H,16,21). The Kier molecular flexibility index (Phi) is 4.63. The fraction of sp³-hybridized carbons (Fsp3) is 0.308. The summed E-state index contributed by atoms with van der Waals surface area (Å²) >= 11 is 0. The van der Waals surface area contributed by atoms with Crippen LogP contribution in [0.15, 0.2) is 29.6 Å². The van der Waals surface area contributed by atoms with Crippen molar-refractivity contribution in [3.05, 3.63) is 46.3 Å².